The lowest BCUT2D eigenvalue weighted by Gasteiger charge is -2.33. The molecule has 1 fully saturated rings. The molecule has 3 heteroatoms. The average molecular weight is 225 g/mol. The molecule has 1 saturated heterocycles. The predicted octanol–water partition coefficient (Wildman–Crippen LogP) is 3.20. The minimum absolute atomic E-state index is 0.531. The summed E-state index contributed by atoms with van der Waals surface area (Å²) in [7, 11) is 2.19. The van der Waals surface area contributed by atoms with Crippen LogP contribution in [0.15, 0.2) is 12.1 Å². The van der Waals surface area contributed by atoms with E-state index in [2.05, 4.69) is 23.0 Å². The van der Waals surface area contributed by atoms with Gasteiger partial charge in [-0.1, -0.05) is 24.1 Å². The van der Waals surface area contributed by atoms with Crippen LogP contribution < -0.4 is 0 Å². The molecule has 0 aromatic carbocycles. The van der Waals surface area contributed by atoms with Gasteiger partial charge in [0, 0.05) is 11.7 Å². The van der Waals surface area contributed by atoms with Crippen molar-refractivity contribution < 1.29 is 0 Å². The molecule has 0 spiro atoms. The second-order valence-electron chi connectivity index (χ2n) is 4.30. The number of halogens is 1. The lowest BCUT2D eigenvalue weighted by atomic mass is 9.95. The van der Waals surface area contributed by atoms with Crippen LogP contribution in [0, 0.1) is 6.92 Å². The van der Waals surface area contributed by atoms with Crippen LogP contribution in [0.1, 0.15) is 36.6 Å². The third-order valence-corrected chi connectivity index (χ3v) is 3.43. The Bertz CT molecular complexity index is 351. The lowest BCUT2D eigenvalue weighted by Crippen LogP contribution is -2.30. The summed E-state index contributed by atoms with van der Waals surface area (Å²) in [6.07, 6.45) is 3.87. The van der Waals surface area contributed by atoms with E-state index in [9.17, 15) is 0 Å². The van der Waals surface area contributed by atoms with Crippen LogP contribution in [0.2, 0.25) is 5.15 Å². The molecule has 15 heavy (non-hydrogen) atoms. The summed E-state index contributed by atoms with van der Waals surface area (Å²) < 4.78 is 0. The van der Waals surface area contributed by atoms with Crippen LogP contribution in [0.4, 0.5) is 0 Å². The third kappa shape index (κ3) is 2.32. The third-order valence-electron chi connectivity index (χ3n) is 3.22. The molecule has 2 heterocycles. The van der Waals surface area contributed by atoms with Crippen molar-refractivity contribution in [3.63, 3.8) is 0 Å². The van der Waals surface area contributed by atoms with Crippen LogP contribution in [-0.2, 0) is 0 Å². The first-order chi connectivity index (χ1) is 7.18. The molecular formula is C12H17ClN2. The molecule has 1 unspecified atom stereocenters. The molecule has 1 aliphatic rings. The first kappa shape index (κ1) is 10.9. The number of piperidine rings is 1. The number of nitrogens with zero attached hydrogens (tertiary/aromatic N) is 2. The first-order valence-corrected chi connectivity index (χ1v) is 5.89. The number of hydrogen-bond acceptors (Lipinski definition) is 2. The molecule has 1 aromatic rings. The summed E-state index contributed by atoms with van der Waals surface area (Å²) in [5.74, 6) is 0. The molecule has 1 aliphatic heterocycles. The minimum Gasteiger partial charge on any atom is -0.299 e. The van der Waals surface area contributed by atoms with Gasteiger partial charge in [0.25, 0.3) is 0 Å². The summed E-state index contributed by atoms with van der Waals surface area (Å²) in [5.41, 5.74) is 2.41. The minimum atomic E-state index is 0.531. The van der Waals surface area contributed by atoms with Gasteiger partial charge in [0.1, 0.15) is 5.15 Å². The van der Waals surface area contributed by atoms with Gasteiger partial charge in [0.2, 0.25) is 0 Å². The lowest BCUT2D eigenvalue weighted by molar-refractivity contribution is 0.186. The monoisotopic (exact) mass is 224 g/mol. The number of aromatic nitrogens is 1. The highest BCUT2D eigenvalue weighted by atomic mass is 35.5. The molecule has 0 bridgehead atoms. The fraction of sp³-hybridized carbons (Fsp3) is 0.583. The standard InChI is InChI=1S/C12H17ClN2/c1-9-10(6-7-12(13)14-9)11-5-3-4-8-15(11)2/h6-7,11H,3-5,8H2,1-2H3. The summed E-state index contributed by atoms with van der Waals surface area (Å²) in [6, 6.07) is 4.55. The van der Waals surface area contributed by atoms with Gasteiger partial charge in [-0.15, -0.1) is 0 Å². The van der Waals surface area contributed by atoms with Crippen molar-refractivity contribution in [1.29, 1.82) is 0 Å². The number of rotatable bonds is 1. The molecule has 0 radical (unpaired) electrons. The molecule has 0 amide bonds. The zero-order chi connectivity index (χ0) is 10.8. The number of aryl methyl sites for hydroxylation is 1. The van der Waals surface area contributed by atoms with Crippen molar-refractivity contribution in [2.45, 2.75) is 32.2 Å². The van der Waals surface area contributed by atoms with Crippen molar-refractivity contribution >= 4 is 11.6 Å². The largest absolute Gasteiger partial charge is 0.299 e. The molecule has 2 rings (SSSR count). The van der Waals surface area contributed by atoms with E-state index in [1.54, 1.807) is 0 Å². The van der Waals surface area contributed by atoms with Crippen LogP contribution >= 0.6 is 11.6 Å². The van der Waals surface area contributed by atoms with Gasteiger partial charge in [0.15, 0.2) is 0 Å². The van der Waals surface area contributed by atoms with E-state index in [4.69, 9.17) is 11.6 Å². The Hall–Kier alpha value is -0.600. The van der Waals surface area contributed by atoms with E-state index in [0.29, 0.717) is 11.2 Å². The van der Waals surface area contributed by atoms with E-state index < -0.39 is 0 Å². The van der Waals surface area contributed by atoms with Crippen LogP contribution in [0.5, 0.6) is 0 Å². The maximum Gasteiger partial charge on any atom is 0.129 e. The van der Waals surface area contributed by atoms with E-state index >= 15 is 0 Å². The van der Waals surface area contributed by atoms with E-state index in [0.717, 1.165) is 5.69 Å². The Morgan fingerprint density at radius 2 is 2.20 bits per heavy atom. The fourth-order valence-electron chi connectivity index (χ4n) is 2.36. The van der Waals surface area contributed by atoms with Crippen LogP contribution in [-0.4, -0.2) is 23.5 Å². The van der Waals surface area contributed by atoms with E-state index in [1.807, 2.05) is 13.0 Å². The van der Waals surface area contributed by atoms with E-state index in [1.165, 1.54) is 31.4 Å². The van der Waals surface area contributed by atoms with Crippen molar-refractivity contribution in [3.05, 3.63) is 28.5 Å². The Labute approximate surface area is 96.3 Å². The van der Waals surface area contributed by atoms with E-state index in [-0.39, 0.29) is 0 Å². The summed E-state index contributed by atoms with van der Waals surface area (Å²) in [4.78, 5) is 6.74. The van der Waals surface area contributed by atoms with Crippen molar-refractivity contribution in [2.24, 2.45) is 0 Å². The smallest absolute Gasteiger partial charge is 0.129 e. The van der Waals surface area contributed by atoms with Crippen LogP contribution in [0.3, 0.4) is 0 Å². The topological polar surface area (TPSA) is 16.1 Å². The molecule has 2 nitrogen and oxygen atoms in total. The molecule has 0 N–H and O–H groups in total. The van der Waals surface area contributed by atoms with Gasteiger partial charge in [-0.05, 0) is 45.0 Å². The van der Waals surface area contributed by atoms with Gasteiger partial charge in [-0.25, -0.2) is 4.98 Å². The Kier molecular flexibility index (Phi) is 3.27. The molecule has 82 valence electrons. The number of likely N-dealkylation sites (tertiary alicyclic amines) is 1. The second-order valence-corrected chi connectivity index (χ2v) is 4.69. The highest BCUT2D eigenvalue weighted by Crippen LogP contribution is 2.31. The average Bonchev–Trinajstić information content (AvgIpc) is 2.20. The van der Waals surface area contributed by atoms with Gasteiger partial charge in [-0.3, -0.25) is 4.90 Å². The van der Waals surface area contributed by atoms with Gasteiger partial charge >= 0.3 is 0 Å². The quantitative estimate of drug-likeness (QED) is 0.681. The van der Waals surface area contributed by atoms with Gasteiger partial charge < -0.3 is 0 Å². The normalized spacial score (nSPS) is 23.0. The van der Waals surface area contributed by atoms with Gasteiger partial charge in [-0.2, -0.15) is 0 Å². The maximum absolute atomic E-state index is 5.87. The fourth-order valence-corrected chi connectivity index (χ4v) is 2.55. The van der Waals surface area contributed by atoms with Crippen molar-refractivity contribution in [3.8, 4) is 0 Å². The zero-order valence-electron chi connectivity index (χ0n) is 9.33. The van der Waals surface area contributed by atoms with Gasteiger partial charge in [0.05, 0.1) is 0 Å². The zero-order valence-corrected chi connectivity index (χ0v) is 10.1. The maximum atomic E-state index is 5.87. The highest BCUT2D eigenvalue weighted by Gasteiger charge is 2.22. The summed E-state index contributed by atoms with van der Waals surface area (Å²) in [5, 5.41) is 0.592. The summed E-state index contributed by atoms with van der Waals surface area (Å²) in [6.45, 7) is 3.23. The Morgan fingerprint density at radius 3 is 2.87 bits per heavy atom. The first-order valence-electron chi connectivity index (χ1n) is 5.52. The Balaban J connectivity index is 2.27. The Morgan fingerprint density at radius 1 is 1.40 bits per heavy atom. The van der Waals surface area contributed by atoms with Crippen molar-refractivity contribution in [1.82, 2.24) is 9.88 Å². The second kappa shape index (κ2) is 4.50. The number of hydrogen-bond donors (Lipinski definition) is 0. The van der Waals surface area contributed by atoms with Crippen molar-refractivity contribution in [2.75, 3.05) is 13.6 Å². The predicted molar refractivity (Wildman–Crippen MR) is 63.2 cm³/mol. The molecular weight excluding hydrogens is 208 g/mol. The highest BCUT2D eigenvalue weighted by molar-refractivity contribution is 6.29. The molecule has 1 atom stereocenters. The molecule has 0 aliphatic carbocycles. The molecule has 1 aromatic heterocycles. The van der Waals surface area contributed by atoms with Crippen LogP contribution in [0.25, 0.3) is 0 Å². The summed E-state index contributed by atoms with van der Waals surface area (Å²) >= 11 is 5.87. The molecule has 0 saturated carbocycles. The SMILES string of the molecule is Cc1nc(Cl)ccc1C1CCCCN1C. The number of pyridine rings is 1.